The fourth-order valence-electron chi connectivity index (χ4n) is 3.42. The lowest BCUT2D eigenvalue weighted by molar-refractivity contribution is -0.115. The largest absolute Gasteiger partial charge is 0.465 e. The highest BCUT2D eigenvalue weighted by Gasteiger charge is 2.26. The molecule has 0 unspecified atom stereocenters. The number of methoxy groups -OCH3 is 1. The van der Waals surface area contributed by atoms with Gasteiger partial charge in [-0.1, -0.05) is 24.6 Å². The van der Waals surface area contributed by atoms with E-state index in [4.69, 9.17) is 4.74 Å². The summed E-state index contributed by atoms with van der Waals surface area (Å²) in [6, 6.07) is 6.05. The van der Waals surface area contributed by atoms with Crippen molar-refractivity contribution < 1.29 is 14.3 Å². The second-order valence-electron chi connectivity index (χ2n) is 6.90. The Morgan fingerprint density at radius 2 is 1.88 bits per heavy atom. The van der Waals surface area contributed by atoms with Crippen LogP contribution in [0.4, 0.5) is 5.00 Å². The van der Waals surface area contributed by atoms with Gasteiger partial charge in [0.15, 0.2) is 0 Å². The molecule has 0 saturated carbocycles. The van der Waals surface area contributed by atoms with E-state index in [1.54, 1.807) is 0 Å². The summed E-state index contributed by atoms with van der Waals surface area (Å²) >= 11 is 1.53. The molecule has 0 fully saturated rings. The van der Waals surface area contributed by atoms with Gasteiger partial charge in [-0.2, -0.15) is 0 Å². The summed E-state index contributed by atoms with van der Waals surface area (Å²) in [5.74, 6) is -0.458. The van der Waals surface area contributed by atoms with Gasteiger partial charge in [0.1, 0.15) is 5.00 Å². The molecule has 2 aromatic rings. The summed E-state index contributed by atoms with van der Waals surface area (Å²) in [6.07, 6.45) is 5.52. The summed E-state index contributed by atoms with van der Waals surface area (Å²) in [6.45, 7) is 4.10. The molecular formula is C21H25NO3S. The highest BCUT2D eigenvalue weighted by atomic mass is 32.1. The number of thiophene rings is 1. The Morgan fingerprint density at radius 1 is 1.12 bits per heavy atom. The smallest absolute Gasteiger partial charge is 0.341 e. The maximum absolute atomic E-state index is 12.6. The molecule has 0 saturated heterocycles. The van der Waals surface area contributed by atoms with Gasteiger partial charge in [0.25, 0.3) is 0 Å². The highest BCUT2D eigenvalue weighted by Crippen LogP contribution is 2.38. The van der Waals surface area contributed by atoms with Gasteiger partial charge in [0.05, 0.1) is 19.1 Å². The number of aryl methyl sites for hydroxylation is 3. The van der Waals surface area contributed by atoms with Crippen LogP contribution in [0.2, 0.25) is 0 Å². The van der Waals surface area contributed by atoms with Crippen molar-refractivity contribution in [2.75, 3.05) is 12.4 Å². The second-order valence-corrected chi connectivity index (χ2v) is 8.01. The fourth-order valence-corrected chi connectivity index (χ4v) is 4.71. The molecule has 4 nitrogen and oxygen atoms in total. The zero-order valence-corrected chi connectivity index (χ0v) is 16.4. The lowest BCUT2D eigenvalue weighted by Gasteiger charge is -2.08. The van der Waals surface area contributed by atoms with Crippen LogP contribution in [0.15, 0.2) is 18.2 Å². The van der Waals surface area contributed by atoms with Crippen LogP contribution in [0, 0.1) is 13.8 Å². The quantitative estimate of drug-likeness (QED) is 0.631. The van der Waals surface area contributed by atoms with Crippen molar-refractivity contribution in [3.05, 3.63) is 50.9 Å². The van der Waals surface area contributed by atoms with Crippen LogP contribution in [0.3, 0.4) is 0 Å². The number of hydrogen-bond acceptors (Lipinski definition) is 4. The molecule has 1 aromatic heterocycles. The molecule has 138 valence electrons. The average Bonchev–Trinajstić information content (AvgIpc) is 2.78. The summed E-state index contributed by atoms with van der Waals surface area (Å²) in [5, 5.41) is 3.60. The van der Waals surface area contributed by atoms with E-state index in [0.29, 0.717) is 17.0 Å². The first-order chi connectivity index (χ1) is 12.5. The van der Waals surface area contributed by atoms with Crippen LogP contribution in [-0.4, -0.2) is 19.0 Å². The first-order valence-electron chi connectivity index (χ1n) is 9.08. The van der Waals surface area contributed by atoms with Crippen LogP contribution in [0.25, 0.3) is 0 Å². The molecule has 1 heterocycles. The topological polar surface area (TPSA) is 55.4 Å². The number of amides is 1. The standard InChI is InChI=1S/C21H25NO3S/c1-13-9-10-15(11-14(13)2)12-18(23)22-20-19(21(24)25-3)16-7-5-4-6-8-17(16)26-20/h9-11H,4-8,12H2,1-3H3,(H,22,23). The monoisotopic (exact) mass is 371 g/mol. The fraction of sp³-hybridized carbons (Fsp3) is 0.429. The number of benzene rings is 1. The molecule has 5 heteroatoms. The predicted molar refractivity (Wildman–Crippen MR) is 105 cm³/mol. The number of esters is 1. The number of fused-ring (bicyclic) bond motifs is 1. The Hall–Kier alpha value is -2.14. The number of rotatable bonds is 4. The average molecular weight is 372 g/mol. The van der Waals surface area contributed by atoms with E-state index in [-0.39, 0.29) is 11.9 Å². The molecule has 0 aliphatic heterocycles. The van der Waals surface area contributed by atoms with Crippen LogP contribution in [0.5, 0.6) is 0 Å². The van der Waals surface area contributed by atoms with Gasteiger partial charge in [-0.15, -0.1) is 11.3 Å². The van der Waals surface area contributed by atoms with E-state index in [1.807, 2.05) is 25.1 Å². The van der Waals surface area contributed by atoms with Crippen LogP contribution >= 0.6 is 11.3 Å². The van der Waals surface area contributed by atoms with Crippen molar-refractivity contribution in [1.82, 2.24) is 0 Å². The summed E-state index contributed by atoms with van der Waals surface area (Å²) < 4.78 is 4.99. The maximum atomic E-state index is 12.6. The first-order valence-corrected chi connectivity index (χ1v) is 9.90. The highest BCUT2D eigenvalue weighted by molar-refractivity contribution is 7.17. The zero-order valence-electron chi connectivity index (χ0n) is 15.6. The molecule has 0 spiro atoms. The van der Waals surface area contributed by atoms with Crippen molar-refractivity contribution in [3.8, 4) is 0 Å². The molecule has 1 aliphatic carbocycles. The van der Waals surface area contributed by atoms with Gasteiger partial charge in [0.2, 0.25) is 5.91 Å². The molecular weight excluding hydrogens is 346 g/mol. The van der Waals surface area contributed by atoms with E-state index >= 15 is 0 Å². The molecule has 1 amide bonds. The predicted octanol–water partition coefficient (Wildman–Crippen LogP) is 4.60. The zero-order chi connectivity index (χ0) is 18.7. The Balaban J connectivity index is 1.83. The SMILES string of the molecule is COC(=O)c1c(NC(=O)Cc2ccc(C)c(C)c2)sc2c1CCCCC2. The van der Waals surface area contributed by atoms with Crippen LogP contribution in [-0.2, 0) is 28.8 Å². The number of anilines is 1. The van der Waals surface area contributed by atoms with Gasteiger partial charge < -0.3 is 10.1 Å². The molecule has 26 heavy (non-hydrogen) atoms. The summed E-state index contributed by atoms with van der Waals surface area (Å²) in [5.41, 5.74) is 4.99. The van der Waals surface area contributed by atoms with Gasteiger partial charge in [-0.3, -0.25) is 4.79 Å². The summed E-state index contributed by atoms with van der Waals surface area (Å²) in [7, 11) is 1.39. The minimum absolute atomic E-state index is 0.102. The van der Waals surface area contributed by atoms with E-state index in [2.05, 4.69) is 12.2 Å². The van der Waals surface area contributed by atoms with Gasteiger partial charge >= 0.3 is 5.97 Å². The normalized spacial score (nSPS) is 13.7. The molecule has 1 aliphatic rings. The Kier molecular flexibility index (Phi) is 5.77. The molecule has 0 radical (unpaired) electrons. The third kappa shape index (κ3) is 3.98. The minimum atomic E-state index is -0.356. The van der Waals surface area contributed by atoms with Gasteiger partial charge in [0, 0.05) is 4.88 Å². The Bertz CT molecular complexity index is 838. The number of hydrogen-bond donors (Lipinski definition) is 1. The van der Waals surface area contributed by atoms with E-state index in [0.717, 1.165) is 36.8 Å². The minimum Gasteiger partial charge on any atom is -0.465 e. The number of carbonyl (C=O) groups excluding carboxylic acids is 2. The van der Waals surface area contributed by atoms with Crippen LogP contribution in [0.1, 0.15) is 56.8 Å². The number of carbonyl (C=O) groups is 2. The van der Waals surface area contributed by atoms with Crippen LogP contribution < -0.4 is 5.32 Å². The molecule has 1 N–H and O–H groups in total. The Labute approximate surface area is 158 Å². The molecule has 0 bridgehead atoms. The molecule has 1 aromatic carbocycles. The first kappa shape index (κ1) is 18.6. The lowest BCUT2D eigenvalue weighted by Crippen LogP contribution is -2.16. The molecule has 0 atom stereocenters. The van der Waals surface area contributed by atoms with Gasteiger partial charge in [-0.05, 0) is 61.8 Å². The van der Waals surface area contributed by atoms with Crippen molar-refractivity contribution in [2.24, 2.45) is 0 Å². The van der Waals surface area contributed by atoms with E-state index in [1.165, 1.54) is 40.9 Å². The van der Waals surface area contributed by atoms with Crippen molar-refractivity contribution in [2.45, 2.75) is 52.4 Å². The van der Waals surface area contributed by atoms with Gasteiger partial charge in [-0.25, -0.2) is 4.79 Å². The number of nitrogens with one attached hydrogen (secondary N) is 1. The van der Waals surface area contributed by atoms with Crippen molar-refractivity contribution >= 4 is 28.2 Å². The third-order valence-corrected chi connectivity index (χ3v) is 6.21. The molecule has 3 rings (SSSR count). The van der Waals surface area contributed by atoms with Crippen molar-refractivity contribution in [1.29, 1.82) is 0 Å². The number of ether oxygens (including phenoxy) is 1. The lowest BCUT2D eigenvalue weighted by atomic mass is 10.0. The second kappa shape index (κ2) is 8.04. The summed E-state index contributed by atoms with van der Waals surface area (Å²) in [4.78, 5) is 26.1. The third-order valence-electron chi connectivity index (χ3n) is 5.00. The van der Waals surface area contributed by atoms with E-state index < -0.39 is 0 Å². The van der Waals surface area contributed by atoms with E-state index in [9.17, 15) is 9.59 Å². The maximum Gasteiger partial charge on any atom is 0.341 e. The van der Waals surface area contributed by atoms with Crippen molar-refractivity contribution in [3.63, 3.8) is 0 Å². The Morgan fingerprint density at radius 3 is 2.62 bits per heavy atom.